The molecule has 0 spiro atoms. The molecule has 0 aromatic rings. The largest absolute Gasteiger partial charge is 0.429 e. The number of carbonyl (C=O) groups excluding carboxylic acids is 2. The topological polar surface area (TPSA) is 71.1 Å². The van der Waals surface area contributed by atoms with E-state index in [1.807, 2.05) is 0 Å². The van der Waals surface area contributed by atoms with Crippen LogP contribution in [0.2, 0.25) is 0 Å². The van der Waals surface area contributed by atoms with Gasteiger partial charge in [-0.1, -0.05) is 0 Å². The molecule has 0 N–H and O–H groups in total. The second-order valence-electron chi connectivity index (χ2n) is 2.70. The molecule has 2 atom stereocenters. The lowest BCUT2D eigenvalue weighted by molar-refractivity contribution is -0.301. The zero-order valence-corrected chi connectivity index (χ0v) is 8.02. The minimum absolute atomic E-state index is 0.301. The molecule has 1 fully saturated rings. The first-order valence-corrected chi connectivity index (χ1v) is 4.17. The summed E-state index contributed by atoms with van der Waals surface area (Å²) in [7, 11) is 0. The number of carbonyl (C=O) groups is 2. The Morgan fingerprint density at radius 1 is 1.00 bits per heavy atom. The molecular weight excluding hydrogens is 192 g/mol. The van der Waals surface area contributed by atoms with Crippen LogP contribution in [0.3, 0.4) is 0 Å². The minimum atomic E-state index is -0.967. The molecule has 6 nitrogen and oxygen atoms in total. The summed E-state index contributed by atoms with van der Waals surface area (Å²) in [5.74, 6) is -1.03. The summed E-state index contributed by atoms with van der Waals surface area (Å²) < 4.78 is 19.6. The van der Waals surface area contributed by atoms with Gasteiger partial charge in [-0.05, 0) is 0 Å². The maximum Gasteiger partial charge on any atom is 0.305 e. The standard InChI is InChI=1S/C8H12O6/c1-5(9)13-7-8(14-6(2)10)12-4-3-11-7/h7-8H,3-4H2,1-2H3/t7-,8-/m0/s1. The second-order valence-corrected chi connectivity index (χ2v) is 2.70. The van der Waals surface area contributed by atoms with Crippen LogP contribution in [0.5, 0.6) is 0 Å². The lowest BCUT2D eigenvalue weighted by Gasteiger charge is -2.29. The molecule has 0 aromatic carbocycles. The van der Waals surface area contributed by atoms with E-state index in [0.29, 0.717) is 13.2 Å². The van der Waals surface area contributed by atoms with E-state index in [2.05, 4.69) is 0 Å². The van der Waals surface area contributed by atoms with E-state index in [9.17, 15) is 9.59 Å². The van der Waals surface area contributed by atoms with Gasteiger partial charge in [0.05, 0.1) is 13.2 Å². The van der Waals surface area contributed by atoms with Crippen LogP contribution in [0.1, 0.15) is 13.8 Å². The Morgan fingerprint density at radius 2 is 1.36 bits per heavy atom. The summed E-state index contributed by atoms with van der Waals surface area (Å²) in [6.07, 6.45) is -1.93. The molecule has 1 aliphatic heterocycles. The van der Waals surface area contributed by atoms with E-state index < -0.39 is 24.5 Å². The molecule has 1 saturated heterocycles. The monoisotopic (exact) mass is 204 g/mol. The summed E-state index contributed by atoms with van der Waals surface area (Å²) in [4.78, 5) is 21.3. The Hall–Kier alpha value is -1.14. The predicted molar refractivity (Wildman–Crippen MR) is 43.0 cm³/mol. The highest BCUT2D eigenvalue weighted by atomic mass is 16.8. The molecule has 1 rings (SSSR count). The van der Waals surface area contributed by atoms with Gasteiger partial charge >= 0.3 is 11.9 Å². The third-order valence-corrected chi connectivity index (χ3v) is 1.43. The van der Waals surface area contributed by atoms with Crippen molar-refractivity contribution in [2.75, 3.05) is 13.2 Å². The fraction of sp³-hybridized carbons (Fsp3) is 0.750. The maximum atomic E-state index is 10.6. The SMILES string of the molecule is CC(=O)O[C@@H]1OCCO[C@H]1OC(C)=O. The molecule has 0 amide bonds. The van der Waals surface area contributed by atoms with E-state index in [4.69, 9.17) is 18.9 Å². The highest BCUT2D eigenvalue weighted by Crippen LogP contribution is 2.13. The van der Waals surface area contributed by atoms with Gasteiger partial charge in [-0.25, -0.2) is 0 Å². The second kappa shape index (κ2) is 4.92. The molecular formula is C8H12O6. The van der Waals surface area contributed by atoms with Crippen molar-refractivity contribution in [3.05, 3.63) is 0 Å². The third-order valence-electron chi connectivity index (χ3n) is 1.43. The molecule has 0 aliphatic carbocycles. The van der Waals surface area contributed by atoms with Crippen molar-refractivity contribution in [2.45, 2.75) is 26.4 Å². The number of esters is 2. The van der Waals surface area contributed by atoms with Crippen molar-refractivity contribution >= 4 is 11.9 Å². The lowest BCUT2D eigenvalue weighted by atomic mass is 10.5. The van der Waals surface area contributed by atoms with Crippen molar-refractivity contribution in [1.29, 1.82) is 0 Å². The Bertz CT molecular complexity index is 202. The maximum absolute atomic E-state index is 10.6. The fourth-order valence-electron chi connectivity index (χ4n) is 0.992. The molecule has 0 radical (unpaired) electrons. The highest BCUT2D eigenvalue weighted by molar-refractivity contribution is 5.67. The van der Waals surface area contributed by atoms with Crippen LogP contribution >= 0.6 is 0 Å². The van der Waals surface area contributed by atoms with Crippen LogP contribution in [-0.2, 0) is 28.5 Å². The molecule has 0 aromatic heterocycles. The zero-order valence-electron chi connectivity index (χ0n) is 8.02. The summed E-state index contributed by atoms with van der Waals surface area (Å²) >= 11 is 0. The number of rotatable bonds is 2. The van der Waals surface area contributed by atoms with Crippen LogP contribution < -0.4 is 0 Å². The van der Waals surface area contributed by atoms with Crippen molar-refractivity contribution in [3.8, 4) is 0 Å². The Morgan fingerprint density at radius 3 is 1.64 bits per heavy atom. The van der Waals surface area contributed by atoms with Gasteiger partial charge < -0.3 is 18.9 Å². The Kier molecular flexibility index (Phi) is 3.84. The highest BCUT2D eigenvalue weighted by Gasteiger charge is 2.32. The molecule has 0 unspecified atom stereocenters. The van der Waals surface area contributed by atoms with Crippen LogP contribution in [0.25, 0.3) is 0 Å². The summed E-state index contributed by atoms with van der Waals surface area (Å²) in [5.41, 5.74) is 0. The van der Waals surface area contributed by atoms with Gasteiger partial charge in [0.15, 0.2) is 0 Å². The molecule has 1 aliphatic rings. The van der Waals surface area contributed by atoms with Crippen molar-refractivity contribution in [1.82, 2.24) is 0 Å². The summed E-state index contributed by atoms with van der Waals surface area (Å²) in [6, 6.07) is 0. The average Bonchev–Trinajstić information content (AvgIpc) is 2.06. The summed E-state index contributed by atoms with van der Waals surface area (Å²) in [6.45, 7) is 3.08. The number of ether oxygens (including phenoxy) is 4. The van der Waals surface area contributed by atoms with Gasteiger partial charge in [-0.2, -0.15) is 0 Å². The van der Waals surface area contributed by atoms with Gasteiger partial charge in [0, 0.05) is 13.8 Å². The molecule has 0 bridgehead atoms. The van der Waals surface area contributed by atoms with Crippen LogP contribution in [-0.4, -0.2) is 37.7 Å². The molecule has 0 saturated carbocycles. The van der Waals surface area contributed by atoms with E-state index in [0.717, 1.165) is 0 Å². The smallest absolute Gasteiger partial charge is 0.305 e. The van der Waals surface area contributed by atoms with Crippen molar-refractivity contribution in [2.24, 2.45) is 0 Å². The Balaban J connectivity index is 2.49. The van der Waals surface area contributed by atoms with Crippen molar-refractivity contribution in [3.63, 3.8) is 0 Å². The number of hydrogen-bond donors (Lipinski definition) is 0. The van der Waals surface area contributed by atoms with E-state index in [-0.39, 0.29) is 0 Å². The van der Waals surface area contributed by atoms with Crippen LogP contribution in [0, 0.1) is 0 Å². The zero-order chi connectivity index (χ0) is 10.6. The molecule has 1 heterocycles. The molecule has 80 valence electrons. The number of hydrogen-bond acceptors (Lipinski definition) is 6. The quantitative estimate of drug-likeness (QED) is 0.580. The van der Waals surface area contributed by atoms with E-state index in [1.165, 1.54) is 13.8 Å². The molecule has 6 heteroatoms. The first-order chi connectivity index (χ1) is 6.59. The normalized spacial score (nSPS) is 26.7. The van der Waals surface area contributed by atoms with E-state index in [1.54, 1.807) is 0 Å². The van der Waals surface area contributed by atoms with Crippen LogP contribution in [0.15, 0.2) is 0 Å². The predicted octanol–water partition coefficient (Wildman–Crippen LogP) is -0.188. The first-order valence-electron chi connectivity index (χ1n) is 4.17. The average molecular weight is 204 g/mol. The minimum Gasteiger partial charge on any atom is -0.429 e. The lowest BCUT2D eigenvalue weighted by Crippen LogP contribution is -2.43. The van der Waals surface area contributed by atoms with Crippen molar-refractivity contribution < 1.29 is 28.5 Å². The van der Waals surface area contributed by atoms with Gasteiger partial charge in [-0.3, -0.25) is 9.59 Å². The molecule has 14 heavy (non-hydrogen) atoms. The van der Waals surface area contributed by atoms with Gasteiger partial charge in [0.1, 0.15) is 0 Å². The summed E-state index contributed by atoms with van der Waals surface area (Å²) in [5, 5.41) is 0. The first kappa shape index (κ1) is 10.9. The fourth-order valence-corrected chi connectivity index (χ4v) is 0.992. The Labute approximate surface area is 81.1 Å². The van der Waals surface area contributed by atoms with Gasteiger partial charge in [0.2, 0.25) is 0 Å². The van der Waals surface area contributed by atoms with Crippen LogP contribution in [0.4, 0.5) is 0 Å². The van der Waals surface area contributed by atoms with E-state index >= 15 is 0 Å². The van der Waals surface area contributed by atoms with Gasteiger partial charge in [-0.15, -0.1) is 0 Å². The third kappa shape index (κ3) is 3.31. The van der Waals surface area contributed by atoms with Gasteiger partial charge in [0.25, 0.3) is 12.6 Å².